The summed E-state index contributed by atoms with van der Waals surface area (Å²) in [5.41, 5.74) is 8.36. The standard InChI is InChI=1S/C22H17N2.C17H29N2.Ir/c1-13-10-14-6-9-24-21-17-5-4-15-12-23-8-7-16(15)20(17)22(2,3)18(11-13)19(14)21;1-14(18-16-9-5-3-6-10-16)13-15(2)19-17-11-7-4-8-12-17;/h4,6-12H,1-3H3;13,16-17H,3-12H2,1-2H3;/q2*-1;/b;14-13-,19-15?;. The van der Waals surface area contributed by atoms with E-state index >= 15 is 0 Å². The summed E-state index contributed by atoms with van der Waals surface area (Å²) in [7, 11) is 0. The molecule has 0 amide bonds. The van der Waals surface area contributed by atoms with Crippen LogP contribution in [0.1, 0.15) is 109 Å². The normalized spacial score (nSPS) is 18.7. The second-order valence-electron chi connectivity index (χ2n) is 13.5. The molecule has 2 heterocycles. The summed E-state index contributed by atoms with van der Waals surface area (Å²) < 4.78 is 0. The zero-order valence-electron chi connectivity index (χ0n) is 27.0. The maximum absolute atomic E-state index is 4.85. The molecule has 0 aliphatic heterocycles. The molecule has 0 unspecified atom stereocenters. The van der Waals surface area contributed by atoms with Crippen LogP contribution in [0.2, 0.25) is 0 Å². The molecule has 0 bridgehead atoms. The smallest absolute Gasteiger partial charge is 0.0502 e. The van der Waals surface area contributed by atoms with Crippen LogP contribution < -0.4 is 0 Å². The van der Waals surface area contributed by atoms with Crippen molar-refractivity contribution in [1.82, 2.24) is 9.97 Å². The Hall–Kier alpha value is -2.88. The second-order valence-corrected chi connectivity index (χ2v) is 13.5. The van der Waals surface area contributed by atoms with Crippen LogP contribution in [-0.2, 0) is 25.5 Å². The average molecular weight is 763 g/mol. The molecule has 2 fully saturated rings. The number of allylic oxidation sites excluding steroid dienone is 2. The quantitative estimate of drug-likeness (QED) is 0.154. The van der Waals surface area contributed by atoms with Crippen molar-refractivity contribution in [3.8, 4) is 11.3 Å². The molecule has 44 heavy (non-hydrogen) atoms. The zero-order valence-corrected chi connectivity index (χ0v) is 29.4. The number of pyridine rings is 2. The van der Waals surface area contributed by atoms with Crippen molar-refractivity contribution in [2.75, 3.05) is 0 Å². The van der Waals surface area contributed by atoms with Crippen molar-refractivity contribution in [1.29, 1.82) is 0 Å². The van der Waals surface area contributed by atoms with E-state index in [4.69, 9.17) is 15.3 Å². The number of rotatable bonds is 4. The van der Waals surface area contributed by atoms with Gasteiger partial charge in [-0.15, -0.1) is 29.3 Å². The molecule has 3 aliphatic rings. The maximum atomic E-state index is 4.85. The Morgan fingerprint density at radius 2 is 1.68 bits per heavy atom. The number of benzene rings is 2. The number of aliphatic imine (C=N–C) groups is 1. The van der Waals surface area contributed by atoms with Crippen molar-refractivity contribution in [2.45, 2.75) is 116 Å². The van der Waals surface area contributed by atoms with E-state index < -0.39 is 0 Å². The van der Waals surface area contributed by atoms with Crippen molar-refractivity contribution in [2.24, 2.45) is 4.99 Å². The first-order valence-corrected chi connectivity index (χ1v) is 16.4. The monoisotopic (exact) mass is 763 g/mol. The molecule has 1 radical (unpaired) electrons. The van der Waals surface area contributed by atoms with Gasteiger partial charge in [0.25, 0.3) is 0 Å². The van der Waals surface area contributed by atoms with Gasteiger partial charge in [0.2, 0.25) is 0 Å². The molecular weight excluding hydrogens is 717 g/mol. The van der Waals surface area contributed by atoms with E-state index in [1.807, 2.05) is 24.7 Å². The number of hydrogen-bond acceptors (Lipinski definition) is 3. The van der Waals surface area contributed by atoms with E-state index in [9.17, 15) is 0 Å². The first-order chi connectivity index (χ1) is 20.8. The van der Waals surface area contributed by atoms with Gasteiger partial charge < -0.3 is 10.3 Å². The fourth-order valence-corrected chi connectivity index (χ4v) is 7.60. The molecule has 7 rings (SSSR count). The van der Waals surface area contributed by atoms with E-state index in [0.717, 1.165) is 16.6 Å². The molecule has 4 nitrogen and oxygen atoms in total. The Balaban J connectivity index is 0.000000176. The summed E-state index contributed by atoms with van der Waals surface area (Å²) >= 11 is 0. The first kappa shape index (κ1) is 32.5. The van der Waals surface area contributed by atoms with Crippen molar-refractivity contribution >= 4 is 27.3 Å². The summed E-state index contributed by atoms with van der Waals surface area (Å²) in [6, 6.07) is 15.5. The average Bonchev–Trinajstić information content (AvgIpc) is 3.00. The predicted molar refractivity (Wildman–Crippen MR) is 182 cm³/mol. The summed E-state index contributed by atoms with van der Waals surface area (Å²) in [6.07, 6.45) is 21.2. The first-order valence-electron chi connectivity index (χ1n) is 16.4. The molecule has 5 heteroatoms. The maximum Gasteiger partial charge on any atom is 0.0502 e. The molecule has 0 saturated heterocycles. The third-order valence-electron chi connectivity index (χ3n) is 9.63. The third-order valence-corrected chi connectivity index (χ3v) is 9.63. The summed E-state index contributed by atoms with van der Waals surface area (Å²) in [5.74, 6) is 0. The van der Waals surface area contributed by atoms with Crippen molar-refractivity contribution in [3.05, 3.63) is 88.8 Å². The van der Waals surface area contributed by atoms with Gasteiger partial charge in [0.15, 0.2) is 0 Å². The van der Waals surface area contributed by atoms with Crippen LogP contribution in [0.3, 0.4) is 0 Å². The Morgan fingerprint density at radius 1 is 0.955 bits per heavy atom. The van der Waals surface area contributed by atoms with Crippen molar-refractivity contribution < 1.29 is 20.1 Å². The molecule has 2 aromatic heterocycles. The van der Waals surface area contributed by atoms with E-state index in [2.05, 4.69) is 76.0 Å². The van der Waals surface area contributed by atoms with E-state index in [1.165, 1.54) is 108 Å². The number of nitrogens with zero attached hydrogens (tertiary/aromatic N) is 4. The fourth-order valence-electron chi connectivity index (χ4n) is 7.60. The molecule has 0 atom stereocenters. The molecule has 3 aliphatic carbocycles. The summed E-state index contributed by atoms with van der Waals surface area (Å²) in [5, 5.41) is 9.76. The minimum absolute atomic E-state index is 0. The Kier molecular flexibility index (Phi) is 10.4. The number of aryl methyl sites for hydroxylation is 1. The molecule has 0 spiro atoms. The molecule has 4 aromatic rings. The van der Waals surface area contributed by atoms with Gasteiger partial charge in [-0.3, -0.25) is 9.98 Å². The van der Waals surface area contributed by atoms with Gasteiger partial charge in [-0.2, -0.15) is 5.70 Å². The third kappa shape index (κ3) is 6.85. The zero-order chi connectivity index (χ0) is 30.0. The van der Waals surface area contributed by atoms with Gasteiger partial charge in [0.05, 0.1) is 6.04 Å². The van der Waals surface area contributed by atoms with Gasteiger partial charge in [-0.05, 0) is 66.4 Å². The Morgan fingerprint density at radius 3 is 2.43 bits per heavy atom. The summed E-state index contributed by atoms with van der Waals surface area (Å²) in [6.45, 7) is 11.1. The molecule has 0 N–H and O–H groups in total. The van der Waals surface area contributed by atoms with E-state index in [0.29, 0.717) is 12.1 Å². The largest absolute Gasteiger partial charge is 0.685 e. The summed E-state index contributed by atoms with van der Waals surface area (Å²) in [4.78, 5) is 13.9. The van der Waals surface area contributed by atoms with Gasteiger partial charge in [-0.25, -0.2) is 0 Å². The Labute approximate surface area is 277 Å². The van der Waals surface area contributed by atoms with Crippen LogP contribution in [0, 0.1) is 13.0 Å². The van der Waals surface area contributed by atoms with Gasteiger partial charge in [0.1, 0.15) is 0 Å². The SMILES string of the molecule is CC(/C=C(/C)[N-]C1CCCCC1)=NC1CCCCC1.Cc1cc2c3c(nccc3c1)-c1[c-]cc3cnccc3c1C2(C)C.[Ir]. The van der Waals surface area contributed by atoms with Crippen LogP contribution in [-0.4, -0.2) is 27.8 Å². The number of hydrogen-bond donors (Lipinski definition) is 0. The number of aromatic nitrogens is 2. The van der Waals surface area contributed by atoms with Crippen LogP contribution in [0.25, 0.3) is 38.1 Å². The minimum Gasteiger partial charge on any atom is -0.685 e. The van der Waals surface area contributed by atoms with Gasteiger partial charge in [0, 0.05) is 38.2 Å². The fraction of sp³-hybridized carbons (Fsp3) is 0.462. The van der Waals surface area contributed by atoms with Gasteiger partial charge in [-0.1, -0.05) is 113 Å². The van der Waals surface area contributed by atoms with Gasteiger partial charge >= 0.3 is 0 Å². The minimum atomic E-state index is -0.104. The molecule has 2 aromatic carbocycles. The molecule has 233 valence electrons. The second kappa shape index (κ2) is 14.0. The number of fused-ring (bicyclic) bond motifs is 4. The predicted octanol–water partition coefficient (Wildman–Crippen LogP) is 10.6. The van der Waals surface area contributed by atoms with Crippen LogP contribution >= 0.6 is 0 Å². The van der Waals surface area contributed by atoms with Crippen LogP contribution in [0.4, 0.5) is 0 Å². The van der Waals surface area contributed by atoms with Crippen LogP contribution in [0.15, 0.2) is 65.7 Å². The molecular formula is C39H46IrN4-2. The Bertz CT molecular complexity index is 1670. The van der Waals surface area contributed by atoms with Crippen molar-refractivity contribution in [3.63, 3.8) is 0 Å². The van der Waals surface area contributed by atoms with E-state index in [-0.39, 0.29) is 25.5 Å². The van der Waals surface area contributed by atoms with Crippen LogP contribution in [0.5, 0.6) is 0 Å². The topological polar surface area (TPSA) is 52.2 Å². The van der Waals surface area contributed by atoms with E-state index in [1.54, 1.807) is 0 Å². The molecule has 2 saturated carbocycles.